The number of aliphatic hydroxyl groups is 2. The number of hydrogen-bond acceptors (Lipinski definition) is 12. The van der Waals surface area contributed by atoms with E-state index in [2.05, 4.69) is 19.1 Å². The summed E-state index contributed by atoms with van der Waals surface area (Å²) in [5.74, 6) is -0.593. The molecule has 3 saturated heterocycles. The molecule has 53 heavy (non-hydrogen) atoms. The van der Waals surface area contributed by atoms with Crippen molar-refractivity contribution < 1.29 is 57.7 Å². The minimum atomic E-state index is -1.38. The Morgan fingerprint density at radius 1 is 0.887 bits per heavy atom. The summed E-state index contributed by atoms with van der Waals surface area (Å²) in [5.41, 5.74) is 0.557. The molecule has 6 aliphatic rings. The number of carbonyl (C=O) groups excluding carboxylic acids is 2. The summed E-state index contributed by atoms with van der Waals surface area (Å²) in [6, 6.07) is 0. The number of aliphatic hydroxyl groups excluding tert-OH is 1. The van der Waals surface area contributed by atoms with Crippen molar-refractivity contribution in [3.05, 3.63) is 23.3 Å². The molecule has 0 aromatic carbocycles. The van der Waals surface area contributed by atoms with E-state index in [1.54, 1.807) is 35.2 Å². The molecule has 1 saturated carbocycles. The number of esters is 1. The van der Waals surface area contributed by atoms with Crippen LogP contribution in [0.4, 0.5) is 0 Å². The predicted octanol–water partition coefficient (Wildman–Crippen LogP) is 4.67. The van der Waals surface area contributed by atoms with Crippen LogP contribution in [0.1, 0.15) is 92.9 Å². The topological polar surface area (TPSA) is 148 Å². The Morgan fingerprint density at radius 2 is 1.60 bits per heavy atom. The van der Waals surface area contributed by atoms with Crippen molar-refractivity contribution in [3.8, 4) is 0 Å². The van der Waals surface area contributed by atoms with Crippen LogP contribution in [0.15, 0.2) is 23.3 Å². The fraction of sp³-hybridized carbons (Fsp3) is 0.854. The maximum atomic E-state index is 14.7. The molecule has 0 amide bonds. The molecule has 12 heteroatoms. The van der Waals surface area contributed by atoms with Crippen LogP contribution in [0, 0.1) is 35.5 Å². The highest BCUT2D eigenvalue weighted by molar-refractivity contribution is 5.99. The summed E-state index contributed by atoms with van der Waals surface area (Å²) in [5, 5.41) is 21.4. The number of rotatable bonds is 8. The summed E-state index contributed by atoms with van der Waals surface area (Å²) < 4.78 is 49.0. The molecule has 0 bridgehead atoms. The van der Waals surface area contributed by atoms with Gasteiger partial charge in [-0.2, -0.15) is 0 Å². The third kappa shape index (κ3) is 8.23. The van der Waals surface area contributed by atoms with E-state index < -0.39 is 48.5 Å². The Kier molecular flexibility index (Phi) is 12.9. The second-order valence-electron chi connectivity index (χ2n) is 16.9. The van der Waals surface area contributed by atoms with Gasteiger partial charge < -0.3 is 48.1 Å². The van der Waals surface area contributed by atoms with Gasteiger partial charge in [0, 0.05) is 39.6 Å². The lowest BCUT2D eigenvalue weighted by molar-refractivity contribution is -0.314. The Labute approximate surface area is 315 Å². The first-order valence-corrected chi connectivity index (χ1v) is 19.9. The van der Waals surface area contributed by atoms with Crippen molar-refractivity contribution in [2.75, 3.05) is 21.3 Å². The van der Waals surface area contributed by atoms with Gasteiger partial charge in [-0.25, -0.2) is 0 Å². The Balaban J connectivity index is 1.25. The summed E-state index contributed by atoms with van der Waals surface area (Å²) in [7, 11) is 4.93. The van der Waals surface area contributed by atoms with E-state index in [1.165, 1.54) is 5.57 Å². The molecule has 3 aliphatic carbocycles. The predicted molar refractivity (Wildman–Crippen MR) is 193 cm³/mol. The van der Waals surface area contributed by atoms with Gasteiger partial charge in [-0.05, 0) is 95.5 Å². The Morgan fingerprint density at radius 3 is 2.26 bits per heavy atom. The second-order valence-corrected chi connectivity index (χ2v) is 16.9. The summed E-state index contributed by atoms with van der Waals surface area (Å²) in [4.78, 5) is 28.2. The summed E-state index contributed by atoms with van der Waals surface area (Å²) >= 11 is 0. The van der Waals surface area contributed by atoms with E-state index in [0.29, 0.717) is 31.3 Å². The molecule has 0 aromatic heterocycles. The number of hydrogen-bond donors (Lipinski definition) is 2. The third-order valence-corrected chi connectivity index (χ3v) is 13.4. The van der Waals surface area contributed by atoms with Crippen LogP contribution >= 0.6 is 0 Å². The second kappa shape index (κ2) is 16.8. The van der Waals surface area contributed by atoms with E-state index in [1.807, 2.05) is 20.8 Å². The fourth-order valence-corrected chi connectivity index (χ4v) is 10.5. The lowest BCUT2D eigenvalue weighted by Crippen LogP contribution is -2.59. The van der Waals surface area contributed by atoms with E-state index in [4.69, 9.17) is 37.9 Å². The lowest BCUT2D eigenvalue weighted by atomic mass is 9.67. The van der Waals surface area contributed by atoms with Crippen LogP contribution in [0.5, 0.6) is 0 Å². The number of ketones is 1. The van der Waals surface area contributed by atoms with Gasteiger partial charge in [-0.3, -0.25) is 9.59 Å². The molecule has 6 rings (SSSR count). The smallest absolute Gasteiger partial charge is 0.306 e. The molecule has 18 atom stereocenters. The van der Waals surface area contributed by atoms with Crippen LogP contribution in [-0.2, 0) is 47.5 Å². The average molecular weight is 749 g/mol. The highest BCUT2D eigenvalue weighted by atomic mass is 16.7. The minimum Gasteiger partial charge on any atom is -0.462 e. The highest BCUT2D eigenvalue weighted by Gasteiger charge is 2.54. The molecular formula is C41H64O12. The van der Waals surface area contributed by atoms with Crippen LogP contribution in [0.25, 0.3) is 0 Å². The maximum Gasteiger partial charge on any atom is 0.306 e. The van der Waals surface area contributed by atoms with E-state index in [0.717, 1.165) is 12.8 Å². The quantitative estimate of drug-likeness (QED) is 0.263. The monoisotopic (exact) mass is 748 g/mol. The molecule has 0 radical (unpaired) electrons. The molecule has 3 heterocycles. The lowest BCUT2D eigenvalue weighted by Gasteiger charge is -2.44. The van der Waals surface area contributed by atoms with E-state index in [9.17, 15) is 19.8 Å². The highest BCUT2D eigenvalue weighted by Crippen LogP contribution is 2.56. The first kappa shape index (κ1) is 40.9. The fourth-order valence-electron chi connectivity index (χ4n) is 10.5. The molecule has 0 unspecified atom stereocenters. The Hall–Kier alpha value is -1.74. The van der Waals surface area contributed by atoms with Gasteiger partial charge in [0.2, 0.25) is 0 Å². The van der Waals surface area contributed by atoms with Crippen molar-refractivity contribution in [2.24, 2.45) is 35.5 Å². The summed E-state index contributed by atoms with van der Waals surface area (Å²) in [6.07, 6.45) is 3.65. The molecule has 0 spiro atoms. The zero-order valence-corrected chi connectivity index (χ0v) is 33.1. The van der Waals surface area contributed by atoms with Crippen molar-refractivity contribution in [3.63, 3.8) is 0 Å². The van der Waals surface area contributed by atoms with Gasteiger partial charge in [-0.1, -0.05) is 31.6 Å². The van der Waals surface area contributed by atoms with Crippen molar-refractivity contribution in [1.82, 2.24) is 0 Å². The zero-order valence-electron chi connectivity index (χ0n) is 33.1. The van der Waals surface area contributed by atoms with Gasteiger partial charge in [0.1, 0.15) is 30.5 Å². The van der Waals surface area contributed by atoms with Crippen LogP contribution in [0.3, 0.4) is 0 Å². The molecule has 0 aromatic rings. The van der Waals surface area contributed by atoms with Gasteiger partial charge >= 0.3 is 5.97 Å². The minimum absolute atomic E-state index is 0.0202. The van der Waals surface area contributed by atoms with Crippen molar-refractivity contribution >= 4 is 11.8 Å². The largest absolute Gasteiger partial charge is 0.462 e. The number of fused-ring (bicyclic) bond motifs is 5. The van der Waals surface area contributed by atoms with Gasteiger partial charge in [0.25, 0.3) is 0 Å². The van der Waals surface area contributed by atoms with Crippen LogP contribution in [-0.4, -0.2) is 116 Å². The number of Topliss-reactive ketones (excluding diaryl/α,β-unsaturated/α-hetero) is 1. The molecular weight excluding hydrogens is 684 g/mol. The third-order valence-electron chi connectivity index (χ3n) is 13.4. The van der Waals surface area contributed by atoms with Gasteiger partial charge in [0.05, 0.1) is 36.4 Å². The number of ether oxygens (including phenoxy) is 8. The number of methoxy groups -OCH3 is 3. The number of allylic oxidation sites excluding steroid dienone is 4. The van der Waals surface area contributed by atoms with Gasteiger partial charge in [0.15, 0.2) is 18.4 Å². The van der Waals surface area contributed by atoms with Gasteiger partial charge in [-0.15, -0.1) is 0 Å². The first-order valence-electron chi connectivity index (χ1n) is 19.9. The normalized spacial score (nSPS) is 48.0. The summed E-state index contributed by atoms with van der Waals surface area (Å²) in [6.45, 7) is 11.4. The first-order chi connectivity index (χ1) is 25.2. The molecule has 300 valence electrons. The van der Waals surface area contributed by atoms with Crippen molar-refractivity contribution in [2.45, 2.75) is 166 Å². The van der Waals surface area contributed by atoms with E-state index >= 15 is 0 Å². The number of cyclic esters (lactones) is 1. The van der Waals surface area contributed by atoms with E-state index in [-0.39, 0.29) is 84.7 Å². The van der Waals surface area contributed by atoms with Crippen molar-refractivity contribution in [1.29, 1.82) is 0 Å². The maximum absolute atomic E-state index is 14.7. The molecule has 2 N–H and O–H groups in total. The molecule has 12 nitrogen and oxygen atoms in total. The van der Waals surface area contributed by atoms with Crippen LogP contribution in [0.2, 0.25) is 0 Å². The number of carbonyl (C=O) groups is 2. The molecule has 3 aliphatic heterocycles. The average Bonchev–Trinajstić information content (AvgIpc) is 3.70. The zero-order chi connectivity index (χ0) is 38.4. The van der Waals surface area contributed by atoms with Crippen LogP contribution < -0.4 is 0 Å². The SMILES string of the molecule is CC[C@H]1CCC[C@H](O[C@H]2C[C@@](C)(O)[C@@H](O)[C@H](C)O2)[C@@H](C)C(=O)C2=C[C@@H]3[C@@H](C=C(C)[C@@H]4C[C@H](O[C@@H]5O[C@@H](C)[C@H](OC)[C@@H](OC)[C@H]5OC)C[C@@H]34)[C@@H]2CC(=O)O1. The standard InChI is InChI=1S/C41H64O12/c1-10-24-12-11-13-32(53-34-19-41(6,45)39(44)23(5)49-34)21(3)35(43)31-17-29-27(30(31)18-33(42)51-24)14-20(2)26-15-25(16-28(26)29)52-40-38(48-9)37(47-8)36(46-7)22(4)50-40/h14,17,21-30,32,34,36-40,44-45H,10-13,15-16,18-19H2,1-9H3/t21-,22+,23+,24+,25+,26+,27-,28-,29-,30+,32+,34+,36+,37-,38-,39+,40+,41-/m1/s1. The molecule has 4 fully saturated rings. The Bertz CT molecular complexity index is 1360.